The zero-order valence-corrected chi connectivity index (χ0v) is 27.1. The Labute approximate surface area is 286 Å². The fourth-order valence-electron chi connectivity index (χ4n) is 5.93. The molecule has 1 unspecified atom stereocenters. The lowest BCUT2D eigenvalue weighted by Gasteiger charge is -2.25. The molecule has 250 valence electrons. The van der Waals surface area contributed by atoms with Gasteiger partial charge in [0.1, 0.15) is 43.0 Å². The van der Waals surface area contributed by atoms with Gasteiger partial charge in [0, 0.05) is 23.7 Å². The fourth-order valence-corrected chi connectivity index (χ4v) is 6.16. The maximum absolute atomic E-state index is 15.6. The molecule has 0 saturated carbocycles. The van der Waals surface area contributed by atoms with E-state index in [1.165, 1.54) is 13.0 Å². The number of carbonyl (C=O) groups is 1. The largest absolute Gasteiger partial charge is 0.488 e. The standard InChI is InChI=1S/C37H31ClFN3O7/c1-37(20-43,36(44)45)42-18-24-14-29(38)33(15-32(24)48-19-23-12-21(16-40)11-22(13-23)17-41)49-30-7-5-26-25(3-2-4-27(26)30)28-6-8-31-35(34(28)39)47-10-9-46-31/h2-4,6,8,11-15,30,42-43H,5,7,9-10,18-20H2,1H3,(H,44,45)/t30-,37?/m0/s1. The average Bonchev–Trinajstić information content (AvgIpc) is 3.53. The second kappa shape index (κ2) is 14.0. The number of benzene rings is 4. The van der Waals surface area contributed by atoms with Crippen LogP contribution < -0.4 is 24.3 Å². The van der Waals surface area contributed by atoms with Crippen molar-refractivity contribution in [2.24, 2.45) is 0 Å². The number of fused-ring (bicyclic) bond motifs is 2. The topological polar surface area (TPSA) is 154 Å². The molecule has 0 spiro atoms. The summed E-state index contributed by atoms with van der Waals surface area (Å²) in [6, 6.07) is 21.0. The first kappa shape index (κ1) is 33.6. The summed E-state index contributed by atoms with van der Waals surface area (Å²) in [7, 11) is 0. The first-order valence-electron chi connectivity index (χ1n) is 15.5. The van der Waals surface area contributed by atoms with Crippen molar-refractivity contribution in [3.63, 3.8) is 0 Å². The first-order chi connectivity index (χ1) is 23.6. The molecule has 0 aromatic heterocycles. The molecule has 4 aromatic carbocycles. The fraction of sp³-hybridized carbons (Fsp3) is 0.270. The summed E-state index contributed by atoms with van der Waals surface area (Å²) in [5, 5.41) is 41.3. The number of nitriles is 2. The molecule has 1 aliphatic heterocycles. The first-order valence-corrected chi connectivity index (χ1v) is 15.9. The number of nitrogens with zero attached hydrogens (tertiary/aromatic N) is 2. The number of halogens is 2. The second-order valence-corrected chi connectivity index (χ2v) is 12.3. The number of rotatable bonds is 11. The highest BCUT2D eigenvalue weighted by molar-refractivity contribution is 6.32. The van der Waals surface area contributed by atoms with Gasteiger partial charge in [0.25, 0.3) is 0 Å². The minimum Gasteiger partial charge on any atom is -0.488 e. The van der Waals surface area contributed by atoms with Crippen LogP contribution in [0.3, 0.4) is 0 Å². The Morgan fingerprint density at radius 1 is 1.06 bits per heavy atom. The van der Waals surface area contributed by atoms with Crippen molar-refractivity contribution in [2.75, 3.05) is 19.8 Å². The van der Waals surface area contributed by atoms with E-state index < -0.39 is 30.0 Å². The molecule has 0 amide bonds. The third-order valence-electron chi connectivity index (χ3n) is 8.64. The smallest absolute Gasteiger partial charge is 0.326 e. The molecule has 12 heteroatoms. The Hall–Kier alpha value is -5.33. The Morgan fingerprint density at radius 2 is 1.82 bits per heavy atom. The molecule has 1 heterocycles. The molecule has 10 nitrogen and oxygen atoms in total. The van der Waals surface area contributed by atoms with Gasteiger partial charge in [-0.15, -0.1) is 0 Å². The molecule has 0 saturated heterocycles. The number of carboxylic acids is 1. The van der Waals surface area contributed by atoms with Gasteiger partial charge in [0.2, 0.25) is 0 Å². The number of hydrogen-bond acceptors (Lipinski definition) is 9. The number of carboxylic acid groups (broad SMARTS) is 1. The van der Waals surface area contributed by atoms with Crippen LogP contribution in [-0.4, -0.2) is 41.5 Å². The summed E-state index contributed by atoms with van der Waals surface area (Å²) in [6.45, 7) is 1.27. The second-order valence-electron chi connectivity index (χ2n) is 11.9. The van der Waals surface area contributed by atoms with Gasteiger partial charge in [-0.25, -0.2) is 4.39 Å². The zero-order valence-electron chi connectivity index (χ0n) is 26.4. The zero-order chi connectivity index (χ0) is 34.7. The Morgan fingerprint density at radius 3 is 2.53 bits per heavy atom. The minimum absolute atomic E-state index is 0.0226. The van der Waals surface area contributed by atoms with E-state index in [1.807, 2.05) is 30.3 Å². The normalized spacial score (nSPS) is 15.8. The maximum atomic E-state index is 15.6. The van der Waals surface area contributed by atoms with E-state index in [0.717, 1.165) is 16.7 Å². The predicted molar refractivity (Wildman–Crippen MR) is 176 cm³/mol. The van der Waals surface area contributed by atoms with Gasteiger partial charge in [-0.3, -0.25) is 10.1 Å². The molecule has 2 atom stereocenters. The molecule has 3 N–H and O–H groups in total. The van der Waals surface area contributed by atoms with E-state index in [-0.39, 0.29) is 30.5 Å². The SMILES string of the molecule is CC(CO)(NCc1cc(Cl)c(O[C@H]2CCc3c(-c4ccc5c(c4F)OCCO5)cccc32)cc1OCc1cc(C#N)cc(C#N)c1)C(=O)O. The van der Waals surface area contributed by atoms with Crippen LogP contribution in [0.4, 0.5) is 4.39 Å². The summed E-state index contributed by atoms with van der Waals surface area (Å²) >= 11 is 6.74. The predicted octanol–water partition coefficient (Wildman–Crippen LogP) is 6.23. The Balaban J connectivity index is 1.30. The third-order valence-corrected chi connectivity index (χ3v) is 8.94. The van der Waals surface area contributed by atoms with Crippen molar-refractivity contribution in [1.82, 2.24) is 5.32 Å². The van der Waals surface area contributed by atoms with Crippen molar-refractivity contribution in [3.05, 3.63) is 105 Å². The molecule has 49 heavy (non-hydrogen) atoms. The highest BCUT2D eigenvalue weighted by Gasteiger charge is 2.33. The summed E-state index contributed by atoms with van der Waals surface area (Å²) in [5.41, 5.74) is 2.99. The number of aliphatic hydroxyl groups excluding tert-OH is 1. The van der Waals surface area contributed by atoms with Crippen molar-refractivity contribution in [3.8, 4) is 46.3 Å². The van der Waals surface area contributed by atoms with Gasteiger partial charge >= 0.3 is 5.97 Å². The van der Waals surface area contributed by atoms with Crippen molar-refractivity contribution >= 4 is 17.6 Å². The summed E-state index contributed by atoms with van der Waals surface area (Å²) in [6.07, 6.45) is 0.803. The van der Waals surface area contributed by atoms with Crippen LogP contribution in [0.1, 0.15) is 52.8 Å². The Bertz CT molecular complexity index is 1990. The van der Waals surface area contributed by atoms with Crippen LogP contribution >= 0.6 is 11.6 Å². The van der Waals surface area contributed by atoms with Crippen LogP contribution in [0.5, 0.6) is 23.0 Å². The number of ether oxygens (including phenoxy) is 4. The van der Waals surface area contributed by atoms with Crippen molar-refractivity contribution < 1.29 is 38.3 Å². The van der Waals surface area contributed by atoms with E-state index in [0.29, 0.717) is 64.5 Å². The van der Waals surface area contributed by atoms with E-state index >= 15 is 4.39 Å². The van der Waals surface area contributed by atoms with E-state index in [1.54, 1.807) is 36.4 Å². The van der Waals surface area contributed by atoms with E-state index in [4.69, 9.17) is 30.5 Å². The molecular formula is C37H31ClFN3O7. The quantitative estimate of drug-likeness (QED) is 0.166. The van der Waals surface area contributed by atoms with E-state index in [9.17, 15) is 25.5 Å². The molecule has 4 aromatic rings. The van der Waals surface area contributed by atoms with Crippen molar-refractivity contribution in [2.45, 2.75) is 44.6 Å². The number of nitrogens with one attached hydrogen (secondary N) is 1. The molecule has 6 rings (SSSR count). The lowest BCUT2D eigenvalue weighted by molar-refractivity contribution is -0.145. The highest BCUT2D eigenvalue weighted by Crippen LogP contribution is 2.45. The van der Waals surface area contributed by atoms with Gasteiger partial charge in [0.05, 0.1) is 34.9 Å². The summed E-state index contributed by atoms with van der Waals surface area (Å²) in [4.78, 5) is 11.8. The molecule has 0 radical (unpaired) electrons. The maximum Gasteiger partial charge on any atom is 0.326 e. The molecule has 0 bridgehead atoms. The van der Waals surface area contributed by atoms with Crippen LogP contribution in [0, 0.1) is 28.5 Å². The van der Waals surface area contributed by atoms with Gasteiger partial charge in [-0.2, -0.15) is 10.5 Å². The number of aliphatic carboxylic acids is 1. The van der Waals surface area contributed by atoms with Crippen molar-refractivity contribution in [1.29, 1.82) is 10.5 Å². The van der Waals surface area contributed by atoms with Crippen LogP contribution in [0.2, 0.25) is 5.02 Å². The number of aliphatic hydroxyl groups is 1. The monoisotopic (exact) mass is 683 g/mol. The van der Waals surface area contributed by atoms with Gasteiger partial charge < -0.3 is 29.2 Å². The molecule has 2 aliphatic rings. The van der Waals surface area contributed by atoms with Crippen LogP contribution in [0.25, 0.3) is 11.1 Å². The van der Waals surface area contributed by atoms with Gasteiger partial charge in [0.15, 0.2) is 17.3 Å². The van der Waals surface area contributed by atoms with Gasteiger partial charge in [-0.1, -0.05) is 29.8 Å². The summed E-state index contributed by atoms with van der Waals surface area (Å²) < 4.78 is 39.4. The van der Waals surface area contributed by atoms with Crippen LogP contribution in [0.15, 0.2) is 60.7 Å². The lowest BCUT2D eigenvalue weighted by atomic mass is 9.96. The minimum atomic E-state index is -1.64. The summed E-state index contributed by atoms with van der Waals surface area (Å²) in [5.74, 6) is -0.626. The molecule has 0 fully saturated rings. The Kier molecular flexibility index (Phi) is 9.61. The number of hydrogen-bond donors (Lipinski definition) is 3. The average molecular weight is 684 g/mol. The van der Waals surface area contributed by atoms with Crippen LogP contribution in [-0.2, 0) is 24.4 Å². The van der Waals surface area contributed by atoms with E-state index in [2.05, 4.69) is 5.32 Å². The molecular weight excluding hydrogens is 653 g/mol. The highest BCUT2D eigenvalue weighted by atomic mass is 35.5. The van der Waals surface area contributed by atoms with Gasteiger partial charge in [-0.05, 0) is 78.4 Å². The lowest BCUT2D eigenvalue weighted by Crippen LogP contribution is -2.52. The molecule has 1 aliphatic carbocycles. The third kappa shape index (κ3) is 6.83.